The van der Waals surface area contributed by atoms with E-state index in [0.717, 1.165) is 0 Å². The molecule has 2 heterocycles. The first-order valence-corrected chi connectivity index (χ1v) is 7.04. The molecule has 8 nitrogen and oxygen atoms in total. The molecule has 8 heteroatoms. The number of carboxylic acid groups (broad SMARTS) is 1. The Kier molecular flexibility index (Phi) is 3.89. The lowest BCUT2D eigenvalue weighted by Crippen LogP contribution is -2.51. The fraction of sp³-hybridized carbons (Fsp3) is 0.692. The largest absolute Gasteiger partial charge is 0.479 e. The summed E-state index contributed by atoms with van der Waals surface area (Å²) in [6.07, 6.45) is 2.36. The van der Waals surface area contributed by atoms with Crippen LogP contribution in [0.1, 0.15) is 38.4 Å². The van der Waals surface area contributed by atoms with Crippen LogP contribution in [-0.2, 0) is 11.8 Å². The van der Waals surface area contributed by atoms with E-state index in [1.165, 1.54) is 0 Å². The number of carboxylic acids is 1. The molecule has 1 aliphatic rings. The zero-order chi connectivity index (χ0) is 15.8. The number of aryl methyl sites for hydroxylation is 1. The lowest BCUT2D eigenvalue weighted by atomic mass is 9.90. The number of hydrogen-bond acceptors (Lipinski definition) is 5. The minimum absolute atomic E-state index is 0.265. The van der Waals surface area contributed by atoms with Gasteiger partial charge >= 0.3 is 11.8 Å². The first kappa shape index (κ1) is 15.3. The quantitative estimate of drug-likeness (QED) is 0.657. The summed E-state index contributed by atoms with van der Waals surface area (Å²) in [6, 6.07) is 0. The van der Waals surface area contributed by atoms with Crippen molar-refractivity contribution < 1.29 is 14.8 Å². The highest BCUT2D eigenvalue weighted by Gasteiger charge is 2.50. The van der Waals surface area contributed by atoms with E-state index in [1.54, 1.807) is 23.4 Å². The molecule has 1 aliphatic heterocycles. The van der Waals surface area contributed by atoms with Crippen molar-refractivity contribution in [2.75, 3.05) is 11.4 Å². The average molecular weight is 296 g/mol. The van der Waals surface area contributed by atoms with E-state index in [4.69, 9.17) is 0 Å². The van der Waals surface area contributed by atoms with Gasteiger partial charge in [0.1, 0.15) is 5.54 Å². The molecular formula is C13H20N4O4. The first-order chi connectivity index (χ1) is 9.85. The lowest BCUT2D eigenvalue weighted by Gasteiger charge is -2.35. The average Bonchev–Trinajstić information content (AvgIpc) is 2.94. The standard InChI is InChI=1S/C13H20N4O4/c1-4-6-13(12(18)19)7-5-8-16(13)11-10(17(20)21)14-9(2)15(11)3/h4-8H2,1-3H3,(H,18,19). The second-order valence-corrected chi connectivity index (χ2v) is 5.46. The third-order valence-electron chi connectivity index (χ3n) is 4.25. The van der Waals surface area contributed by atoms with Crippen LogP contribution in [-0.4, -0.2) is 37.6 Å². The molecule has 1 saturated heterocycles. The number of nitrogens with zero attached hydrogens (tertiary/aromatic N) is 4. The van der Waals surface area contributed by atoms with E-state index in [0.29, 0.717) is 43.9 Å². The van der Waals surface area contributed by atoms with Gasteiger partial charge in [-0.3, -0.25) is 4.57 Å². The molecule has 0 aromatic carbocycles. The molecule has 21 heavy (non-hydrogen) atoms. The summed E-state index contributed by atoms with van der Waals surface area (Å²) in [5, 5.41) is 21.0. The Labute approximate surface area is 122 Å². The molecule has 0 radical (unpaired) electrons. The summed E-state index contributed by atoms with van der Waals surface area (Å²) in [5.74, 6) is -0.390. The van der Waals surface area contributed by atoms with Gasteiger partial charge in [0.15, 0.2) is 0 Å². The third kappa shape index (κ3) is 2.24. The lowest BCUT2D eigenvalue weighted by molar-refractivity contribution is -0.388. The second-order valence-electron chi connectivity index (χ2n) is 5.46. The van der Waals surface area contributed by atoms with Crippen LogP contribution in [0.5, 0.6) is 0 Å². The van der Waals surface area contributed by atoms with Crippen molar-refractivity contribution in [2.24, 2.45) is 7.05 Å². The molecule has 0 aliphatic carbocycles. The molecule has 1 N–H and O–H groups in total. The van der Waals surface area contributed by atoms with E-state index < -0.39 is 16.4 Å². The van der Waals surface area contributed by atoms with Crippen LogP contribution < -0.4 is 4.90 Å². The molecule has 2 rings (SSSR count). The van der Waals surface area contributed by atoms with Crippen molar-refractivity contribution >= 4 is 17.6 Å². The predicted octanol–water partition coefficient (Wildman–Crippen LogP) is 1.86. The fourth-order valence-electron chi connectivity index (χ4n) is 3.20. The number of carbonyl (C=O) groups is 1. The Morgan fingerprint density at radius 2 is 2.24 bits per heavy atom. The van der Waals surface area contributed by atoms with Crippen LogP contribution in [0.2, 0.25) is 0 Å². The van der Waals surface area contributed by atoms with Gasteiger partial charge in [-0.2, -0.15) is 0 Å². The Hall–Kier alpha value is -2.12. The van der Waals surface area contributed by atoms with Crippen LogP contribution in [0.3, 0.4) is 0 Å². The van der Waals surface area contributed by atoms with Crippen molar-refractivity contribution in [3.63, 3.8) is 0 Å². The maximum atomic E-state index is 11.9. The molecule has 0 amide bonds. The predicted molar refractivity (Wildman–Crippen MR) is 76.5 cm³/mol. The van der Waals surface area contributed by atoms with Gasteiger partial charge in [0.2, 0.25) is 11.6 Å². The van der Waals surface area contributed by atoms with Gasteiger partial charge in [-0.05, 0) is 29.2 Å². The summed E-state index contributed by atoms with van der Waals surface area (Å²) in [6.45, 7) is 4.09. The Bertz CT molecular complexity index is 583. The van der Waals surface area contributed by atoms with Gasteiger partial charge in [0.05, 0.1) is 0 Å². The summed E-state index contributed by atoms with van der Waals surface area (Å²) in [4.78, 5) is 28.2. The molecule has 0 bridgehead atoms. The SMILES string of the molecule is CCCC1(C(=O)O)CCCN1c1c([N+](=O)[O-])nc(C)n1C. The number of hydrogen-bond donors (Lipinski definition) is 1. The monoisotopic (exact) mass is 296 g/mol. The summed E-state index contributed by atoms with van der Waals surface area (Å²) in [7, 11) is 1.68. The summed E-state index contributed by atoms with van der Waals surface area (Å²) in [5.41, 5.74) is -1.07. The minimum Gasteiger partial charge on any atom is -0.479 e. The van der Waals surface area contributed by atoms with E-state index in [9.17, 15) is 20.0 Å². The van der Waals surface area contributed by atoms with Gasteiger partial charge in [-0.1, -0.05) is 13.3 Å². The summed E-state index contributed by atoms with van der Waals surface area (Å²) < 4.78 is 1.61. The van der Waals surface area contributed by atoms with Crippen LogP contribution in [0.15, 0.2) is 0 Å². The number of anilines is 1. The van der Waals surface area contributed by atoms with Gasteiger partial charge in [0, 0.05) is 20.5 Å². The fourth-order valence-corrected chi connectivity index (χ4v) is 3.20. The number of rotatable bonds is 5. The topological polar surface area (TPSA) is 102 Å². The van der Waals surface area contributed by atoms with Gasteiger partial charge in [-0.15, -0.1) is 0 Å². The zero-order valence-electron chi connectivity index (χ0n) is 12.5. The maximum absolute atomic E-state index is 11.9. The van der Waals surface area contributed by atoms with Gasteiger partial charge in [0.25, 0.3) is 0 Å². The van der Waals surface area contributed by atoms with Crippen LogP contribution in [0.4, 0.5) is 11.6 Å². The number of aliphatic carboxylic acids is 1. The molecule has 1 atom stereocenters. The normalized spacial score (nSPS) is 21.8. The molecule has 116 valence electrons. The summed E-state index contributed by atoms with van der Waals surface area (Å²) >= 11 is 0. The number of aromatic nitrogens is 2. The van der Waals surface area contributed by atoms with Crippen molar-refractivity contribution in [1.82, 2.24) is 9.55 Å². The molecular weight excluding hydrogens is 276 g/mol. The smallest absolute Gasteiger partial charge is 0.406 e. The molecule has 1 unspecified atom stereocenters. The third-order valence-corrected chi connectivity index (χ3v) is 4.25. The highest BCUT2D eigenvalue weighted by Crippen LogP contribution is 2.41. The van der Waals surface area contributed by atoms with Gasteiger partial charge in [-0.25, -0.2) is 4.79 Å². The Balaban J connectivity index is 2.59. The molecule has 1 aromatic heterocycles. The minimum atomic E-state index is -1.07. The van der Waals surface area contributed by atoms with Crippen LogP contribution in [0.25, 0.3) is 0 Å². The Morgan fingerprint density at radius 1 is 1.57 bits per heavy atom. The zero-order valence-corrected chi connectivity index (χ0v) is 12.5. The van der Waals surface area contributed by atoms with Crippen molar-refractivity contribution in [3.8, 4) is 0 Å². The van der Waals surface area contributed by atoms with Gasteiger partial charge < -0.3 is 20.1 Å². The van der Waals surface area contributed by atoms with Crippen molar-refractivity contribution in [3.05, 3.63) is 15.9 Å². The number of nitro groups is 1. The highest BCUT2D eigenvalue weighted by molar-refractivity contribution is 5.85. The second kappa shape index (κ2) is 5.34. The molecule has 1 aromatic rings. The van der Waals surface area contributed by atoms with Crippen LogP contribution >= 0.6 is 0 Å². The van der Waals surface area contributed by atoms with Crippen molar-refractivity contribution in [1.29, 1.82) is 0 Å². The van der Waals surface area contributed by atoms with E-state index in [1.807, 2.05) is 6.92 Å². The maximum Gasteiger partial charge on any atom is 0.406 e. The molecule has 0 spiro atoms. The van der Waals surface area contributed by atoms with Crippen molar-refractivity contribution in [2.45, 2.75) is 45.1 Å². The van der Waals surface area contributed by atoms with E-state index in [-0.39, 0.29) is 5.82 Å². The van der Waals surface area contributed by atoms with Crippen LogP contribution in [0, 0.1) is 17.0 Å². The Morgan fingerprint density at radius 3 is 2.76 bits per heavy atom. The van der Waals surface area contributed by atoms with E-state index in [2.05, 4.69) is 4.98 Å². The van der Waals surface area contributed by atoms with E-state index >= 15 is 0 Å². The highest BCUT2D eigenvalue weighted by atomic mass is 16.6. The number of imidazole rings is 1. The molecule has 1 fully saturated rings. The molecule has 0 saturated carbocycles. The first-order valence-electron chi connectivity index (χ1n) is 7.04.